The lowest BCUT2D eigenvalue weighted by Crippen LogP contribution is -2.34. The largest absolute Gasteiger partial charge is 0.392 e. The summed E-state index contributed by atoms with van der Waals surface area (Å²) in [6.07, 6.45) is 6.94. The fourth-order valence-corrected chi connectivity index (χ4v) is 2.96. The molecule has 1 aromatic rings. The van der Waals surface area contributed by atoms with Gasteiger partial charge in [-0.3, -0.25) is 0 Å². The molecule has 2 heteroatoms. The predicted molar refractivity (Wildman–Crippen MR) is 75.2 cm³/mol. The predicted octanol–water partition coefficient (Wildman–Crippen LogP) is 3.24. The smallest absolute Gasteiger partial charge is 0.0685 e. The molecule has 18 heavy (non-hydrogen) atoms. The topological polar surface area (TPSA) is 32.3 Å². The van der Waals surface area contributed by atoms with Gasteiger partial charge >= 0.3 is 0 Å². The molecule has 1 aliphatic rings. The summed E-state index contributed by atoms with van der Waals surface area (Å²) < 4.78 is 0. The van der Waals surface area contributed by atoms with E-state index >= 15 is 0 Å². The van der Waals surface area contributed by atoms with Crippen molar-refractivity contribution in [2.45, 2.75) is 58.2 Å². The lowest BCUT2D eigenvalue weighted by Gasteiger charge is -2.28. The Morgan fingerprint density at radius 2 is 1.83 bits per heavy atom. The number of benzene rings is 1. The van der Waals surface area contributed by atoms with Crippen molar-refractivity contribution in [2.75, 3.05) is 0 Å². The zero-order valence-corrected chi connectivity index (χ0v) is 11.4. The summed E-state index contributed by atoms with van der Waals surface area (Å²) in [5.41, 5.74) is 2.27. The SMILES string of the molecule is CC(NCc1ccccc1CO)C1CCCCC1. The summed E-state index contributed by atoms with van der Waals surface area (Å²) in [5.74, 6) is 0.833. The molecular formula is C16H25NO. The molecule has 1 aromatic carbocycles. The van der Waals surface area contributed by atoms with Crippen molar-refractivity contribution >= 4 is 0 Å². The molecule has 0 radical (unpaired) electrons. The van der Waals surface area contributed by atoms with Gasteiger partial charge in [0, 0.05) is 12.6 Å². The third kappa shape index (κ3) is 3.56. The third-order valence-electron chi connectivity index (χ3n) is 4.26. The van der Waals surface area contributed by atoms with Gasteiger partial charge in [0.2, 0.25) is 0 Å². The highest BCUT2D eigenvalue weighted by molar-refractivity contribution is 5.26. The van der Waals surface area contributed by atoms with Crippen molar-refractivity contribution in [1.82, 2.24) is 5.32 Å². The van der Waals surface area contributed by atoms with Gasteiger partial charge in [0.15, 0.2) is 0 Å². The molecule has 1 atom stereocenters. The van der Waals surface area contributed by atoms with Crippen molar-refractivity contribution in [1.29, 1.82) is 0 Å². The van der Waals surface area contributed by atoms with E-state index in [0.29, 0.717) is 6.04 Å². The molecule has 0 spiro atoms. The zero-order chi connectivity index (χ0) is 12.8. The average Bonchev–Trinajstić information content (AvgIpc) is 2.46. The Labute approximate surface area is 110 Å². The number of rotatable bonds is 5. The number of aliphatic hydroxyl groups excluding tert-OH is 1. The minimum absolute atomic E-state index is 0.135. The molecule has 100 valence electrons. The molecular weight excluding hydrogens is 222 g/mol. The van der Waals surface area contributed by atoms with Gasteiger partial charge in [-0.25, -0.2) is 0 Å². The second-order valence-electron chi connectivity index (χ2n) is 5.49. The lowest BCUT2D eigenvalue weighted by molar-refractivity contribution is 0.273. The van der Waals surface area contributed by atoms with Crippen LogP contribution in [0.15, 0.2) is 24.3 Å². The molecule has 1 aliphatic carbocycles. The van der Waals surface area contributed by atoms with Gasteiger partial charge in [-0.05, 0) is 36.8 Å². The number of hydrogen-bond donors (Lipinski definition) is 2. The molecule has 1 saturated carbocycles. The van der Waals surface area contributed by atoms with Gasteiger partial charge in [0.25, 0.3) is 0 Å². The standard InChI is InChI=1S/C16H25NO/c1-13(14-7-3-2-4-8-14)17-11-15-9-5-6-10-16(15)12-18/h5-6,9-10,13-14,17-18H,2-4,7-8,11-12H2,1H3. The summed E-state index contributed by atoms with van der Waals surface area (Å²) >= 11 is 0. The van der Waals surface area contributed by atoms with E-state index in [9.17, 15) is 5.11 Å². The van der Waals surface area contributed by atoms with Gasteiger partial charge < -0.3 is 10.4 Å². The van der Waals surface area contributed by atoms with Crippen molar-refractivity contribution in [2.24, 2.45) is 5.92 Å². The third-order valence-corrected chi connectivity index (χ3v) is 4.26. The first-order chi connectivity index (χ1) is 8.81. The average molecular weight is 247 g/mol. The number of hydrogen-bond acceptors (Lipinski definition) is 2. The molecule has 2 N–H and O–H groups in total. The highest BCUT2D eigenvalue weighted by atomic mass is 16.3. The van der Waals surface area contributed by atoms with E-state index in [1.165, 1.54) is 37.7 Å². The van der Waals surface area contributed by atoms with Crippen molar-refractivity contribution in [3.8, 4) is 0 Å². The maximum absolute atomic E-state index is 9.30. The molecule has 1 fully saturated rings. The van der Waals surface area contributed by atoms with Crippen LogP contribution in [-0.4, -0.2) is 11.1 Å². The van der Waals surface area contributed by atoms with Gasteiger partial charge in [-0.1, -0.05) is 43.5 Å². The number of aliphatic hydroxyl groups is 1. The van der Waals surface area contributed by atoms with E-state index in [2.05, 4.69) is 18.3 Å². The zero-order valence-electron chi connectivity index (χ0n) is 11.4. The van der Waals surface area contributed by atoms with Gasteiger partial charge in [0.05, 0.1) is 6.61 Å². The van der Waals surface area contributed by atoms with Crippen LogP contribution in [0.1, 0.15) is 50.2 Å². The highest BCUT2D eigenvalue weighted by Crippen LogP contribution is 2.26. The van der Waals surface area contributed by atoms with E-state index in [-0.39, 0.29) is 6.61 Å². The molecule has 0 heterocycles. The van der Waals surface area contributed by atoms with E-state index in [1.54, 1.807) is 0 Å². The van der Waals surface area contributed by atoms with Gasteiger partial charge in [-0.2, -0.15) is 0 Å². The van der Waals surface area contributed by atoms with Crippen LogP contribution in [0.5, 0.6) is 0 Å². The Balaban J connectivity index is 1.86. The van der Waals surface area contributed by atoms with E-state index < -0.39 is 0 Å². The molecule has 2 rings (SSSR count). The fraction of sp³-hybridized carbons (Fsp3) is 0.625. The number of nitrogens with one attached hydrogen (secondary N) is 1. The van der Waals surface area contributed by atoms with Crippen LogP contribution >= 0.6 is 0 Å². The maximum Gasteiger partial charge on any atom is 0.0685 e. The van der Waals surface area contributed by atoms with Crippen LogP contribution in [0, 0.1) is 5.92 Å². The summed E-state index contributed by atoms with van der Waals surface area (Å²) in [4.78, 5) is 0. The molecule has 1 unspecified atom stereocenters. The van der Waals surface area contributed by atoms with Crippen LogP contribution < -0.4 is 5.32 Å². The monoisotopic (exact) mass is 247 g/mol. The molecule has 0 bridgehead atoms. The minimum atomic E-state index is 0.135. The van der Waals surface area contributed by atoms with Crippen molar-refractivity contribution in [3.63, 3.8) is 0 Å². The first kappa shape index (κ1) is 13.6. The molecule has 0 aromatic heterocycles. The maximum atomic E-state index is 9.30. The van der Waals surface area contributed by atoms with Gasteiger partial charge in [-0.15, -0.1) is 0 Å². The first-order valence-corrected chi connectivity index (χ1v) is 7.22. The Bertz CT molecular complexity index is 358. The summed E-state index contributed by atoms with van der Waals surface area (Å²) in [6.45, 7) is 3.31. The van der Waals surface area contributed by atoms with Crippen LogP contribution in [0.3, 0.4) is 0 Å². The quantitative estimate of drug-likeness (QED) is 0.837. The molecule has 2 nitrogen and oxygen atoms in total. The van der Waals surface area contributed by atoms with Crippen molar-refractivity contribution < 1.29 is 5.11 Å². The van der Waals surface area contributed by atoms with E-state index in [1.807, 2.05) is 18.2 Å². The summed E-state index contributed by atoms with van der Waals surface area (Å²) in [5, 5.41) is 12.9. The van der Waals surface area contributed by atoms with Crippen LogP contribution in [0.4, 0.5) is 0 Å². The minimum Gasteiger partial charge on any atom is -0.392 e. The second kappa shape index (κ2) is 6.91. The second-order valence-corrected chi connectivity index (χ2v) is 5.49. The summed E-state index contributed by atoms with van der Waals surface area (Å²) in [7, 11) is 0. The van der Waals surface area contributed by atoms with Crippen LogP contribution in [0.25, 0.3) is 0 Å². The van der Waals surface area contributed by atoms with Crippen molar-refractivity contribution in [3.05, 3.63) is 35.4 Å². The first-order valence-electron chi connectivity index (χ1n) is 7.22. The van der Waals surface area contributed by atoms with Gasteiger partial charge in [0.1, 0.15) is 0 Å². The lowest BCUT2D eigenvalue weighted by atomic mass is 9.84. The Hall–Kier alpha value is -0.860. The summed E-state index contributed by atoms with van der Waals surface area (Å²) in [6, 6.07) is 8.72. The van der Waals surface area contributed by atoms with E-state index in [4.69, 9.17) is 0 Å². The van der Waals surface area contributed by atoms with Crippen LogP contribution in [0.2, 0.25) is 0 Å². The normalized spacial score (nSPS) is 18.8. The van der Waals surface area contributed by atoms with Crippen LogP contribution in [-0.2, 0) is 13.2 Å². The fourth-order valence-electron chi connectivity index (χ4n) is 2.96. The Kier molecular flexibility index (Phi) is 5.21. The Morgan fingerprint density at radius 1 is 1.17 bits per heavy atom. The van der Waals surface area contributed by atoms with E-state index in [0.717, 1.165) is 18.0 Å². The molecule has 0 saturated heterocycles. The molecule has 0 aliphatic heterocycles. The highest BCUT2D eigenvalue weighted by Gasteiger charge is 2.19. The Morgan fingerprint density at radius 3 is 2.50 bits per heavy atom. The molecule has 0 amide bonds.